The van der Waals surface area contributed by atoms with E-state index < -0.39 is 5.91 Å². The molecule has 0 saturated heterocycles. The van der Waals surface area contributed by atoms with Gasteiger partial charge < -0.3 is 19.3 Å². The Bertz CT molecular complexity index is 731. The van der Waals surface area contributed by atoms with Gasteiger partial charge in [0, 0.05) is 0 Å². The minimum atomic E-state index is -0.421. The van der Waals surface area contributed by atoms with Gasteiger partial charge in [-0.05, 0) is 35.9 Å². The third-order valence-electron chi connectivity index (χ3n) is 3.03. The molecule has 0 aliphatic heterocycles. The number of hydrazone groups is 1. The number of hydrogen-bond donors (Lipinski definition) is 2. The lowest BCUT2D eigenvalue weighted by Crippen LogP contribution is -2.24. The number of methoxy groups -OCH3 is 2. The van der Waals surface area contributed by atoms with Gasteiger partial charge in [-0.15, -0.1) is 0 Å². The molecule has 0 fully saturated rings. The van der Waals surface area contributed by atoms with Gasteiger partial charge in [-0.2, -0.15) is 5.10 Å². The molecule has 0 radical (unpaired) electrons. The first-order valence-corrected chi connectivity index (χ1v) is 7.08. The summed E-state index contributed by atoms with van der Waals surface area (Å²) in [4.78, 5) is 11.7. The Labute approximate surface area is 139 Å². The van der Waals surface area contributed by atoms with Gasteiger partial charge in [0.15, 0.2) is 29.6 Å². The summed E-state index contributed by atoms with van der Waals surface area (Å²) in [5.74, 6) is 0.949. The SMILES string of the molecule is COc1ccc(/C=N\NC(=O)COc2ccccc2OC)cc1O. The van der Waals surface area contributed by atoms with Crippen LogP contribution in [0.15, 0.2) is 47.6 Å². The Kier molecular flexibility index (Phi) is 6.01. The lowest BCUT2D eigenvalue weighted by atomic mass is 10.2. The van der Waals surface area contributed by atoms with Crippen LogP contribution in [0, 0.1) is 0 Å². The number of aromatic hydroxyl groups is 1. The molecule has 0 aliphatic rings. The Morgan fingerprint density at radius 3 is 2.50 bits per heavy atom. The second-order valence-corrected chi connectivity index (χ2v) is 4.66. The van der Waals surface area contributed by atoms with Crippen LogP contribution in [0.25, 0.3) is 0 Å². The van der Waals surface area contributed by atoms with Gasteiger partial charge >= 0.3 is 0 Å². The molecular formula is C17H18N2O5. The van der Waals surface area contributed by atoms with E-state index in [1.807, 2.05) is 0 Å². The van der Waals surface area contributed by atoms with Crippen molar-refractivity contribution in [1.82, 2.24) is 5.43 Å². The number of amides is 1. The molecule has 2 aromatic carbocycles. The Balaban J connectivity index is 1.85. The van der Waals surface area contributed by atoms with Crippen molar-refractivity contribution in [2.24, 2.45) is 5.10 Å². The van der Waals surface area contributed by atoms with E-state index in [4.69, 9.17) is 14.2 Å². The van der Waals surface area contributed by atoms with E-state index in [1.54, 1.807) is 36.4 Å². The second-order valence-electron chi connectivity index (χ2n) is 4.66. The first-order chi connectivity index (χ1) is 11.6. The van der Waals surface area contributed by atoms with Crippen LogP contribution in [0.1, 0.15) is 5.56 Å². The zero-order valence-electron chi connectivity index (χ0n) is 13.4. The molecule has 126 valence electrons. The number of hydrogen-bond acceptors (Lipinski definition) is 6. The standard InChI is InChI=1S/C17H18N2O5/c1-22-14-8-7-12(9-13(14)20)10-18-19-17(21)11-24-16-6-4-3-5-15(16)23-2/h3-10,20H,11H2,1-2H3,(H,19,21)/b18-10-. The van der Waals surface area contributed by atoms with Crippen molar-refractivity contribution in [2.45, 2.75) is 0 Å². The van der Waals surface area contributed by atoms with Gasteiger partial charge in [-0.3, -0.25) is 4.79 Å². The molecular weight excluding hydrogens is 312 g/mol. The number of carbonyl (C=O) groups is 1. The Hall–Kier alpha value is -3.22. The molecule has 0 heterocycles. The predicted molar refractivity (Wildman–Crippen MR) is 88.9 cm³/mol. The van der Waals surface area contributed by atoms with Crippen LogP contribution in [0.2, 0.25) is 0 Å². The van der Waals surface area contributed by atoms with E-state index in [9.17, 15) is 9.90 Å². The number of nitrogens with one attached hydrogen (secondary N) is 1. The highest BCUT2D eigenvalue weighted by molar-refractivity contribution is 5.83. The van der Waals surface area contributed by atoms with E-state index in [0.29, 0.717) is 22.8 Å². The van der Waals surface area contributed by atoms with E-state index >= 15 is 0 Å². The van der Waals surface area contributed by atoms with Gasteiger partial charge in [0.25, 0.3) is 5.91 Å². The zero-order valence-corrected chi connectivity index (χ0v) is 13.4. The lowest BCUT2D eigenvalue weighted by Gasteiger charge is -2.09. The summed E-state index contributed by atoms with van der Waals surface area (Å²) in [7, 11) is 2.99. The molecule has 2 aromatic rings. The zero-order chi connectivity index (χ0) is 17.4. The predicted octanol–water partition coefficient (Wildman–Crippen LogP) is 1.94. The molecule has 0 bridgehead atoms. The number of phenols is 1. The van der Waals surface area contributed by atoms with Gasteiger partial charge in [0.1, 0.15) is 0 Å². The van der Waals surface area contributed by atoms with Crippen molar-refractivity contribution in [3.05, 3.63) is 48.0 Å². The quantitative estimate of drug-likeness (QED) is 0.598. The summed E-state index contributed by atoms with van der Waals surface area (Å²) in [6, 6.07) is 11.8. The number of nitrogens with zero attached hydrogens (tertiary/aromatic N) is 1. The molecule has 0 unspecified atom stereocenters. The number of rotatable bonds is 7. The summed E-state index contributed by atoms with van der Waals surface area (Å²) in [6.45, 7) is -0.203. The summed E-state index contributed by atoms with van der Waals surface area (Å²) < 4.78 is 15.4. The number of phenolic OH excluding ortho intramolecular Hbond substituents is 1. The fourth-order valence-electron chi connectivity index (χ4n) is 1.88. The first-order valence-electron chi connectivity index (χ1n) is 7.08. The molecule has 0 aromatic heterocycles. The molecule has 1 amide bonds. The van der Waals surface area contributed by atoms with E-state index in [0.717, 1.165) is 0 Å². The monoisotopic (exact) mass is 330 g/mol. The van der Waals surface area contributed by atoms with Crippen molar-refractivity contribution in [1.29, 1.82) is 0 Å². The summed E-state index contributed by atoms with van der Waals surface area (Å²) in [6.07, 6.45) is 1.40. The molecule has 0 spiro atoms. The van der Waals surface area contributed by atoms with Gasteiger partial charge in [0.05, 0.1) is 20.4 Å². The van der Waals surface area contributed by atoms with Crippen molar-refractivity contribution in [2.75, 3.05) is 20.8 Å². The van der Waals surface area contributed by atoms with Crippen LogP contribution in [0.4, 0.5) is 0 Å². The maximum atomic E-state index is 11.7. The molecule has 24 heavy (non-hydrogen) atoms. The summed E-state index contributed by atoms with van der Waals surface area (Å²) in [5.41, 5.74) is 2.95. The number of para-hydroxylation sites is 2. The van der Waals surface area contributed by atoms with E-state index in [-0.39, 0.29) is 12.4 Å². The molecule has 0 aliphatic carbocycles. The van der Waals surface area contributed by atoms with Crippen LogP contribution in [0.5, 0.6) is 23.0 Å². The van der Waals surface area contributed by atoms with Gasteiger partial charge in [0.2, 0.25) is 0 Å². The minimum absolute atomic E-state index is 0.00715. The van der Waals surface area contributed by atoms with Crippen LogP contribution in [-0.4, -0.2) is 38.1 Å². The van der Waals surface area contributed by atoms with Gasteiger partial charge in [-0.1, -0.05) is 12.1 Å². The first kappa shape index (κ1) is 17.1. The maximum Gasteiger partial charge on any atom is 0.277 e. The van der Waals surface area contributed by atoms with Crippen LogP contribution in [-0.2, 0) is 4.79 Å². The van der Waals surface area contributed by atoms with Crippen molar-refractivity contribution < 1.29 is 24.1 Å². The fourth-order valence-corrected chi connectivity index (χ4v) is 1.88. The summed E-state index contributed by atoms with van der Waals surface area (Å²) in [5, 5.41) is 13.5. The summed E-state index contributed by atoms with van der Waals surface area (Å²) >= 11 is 0. The lowest BCUT2D eigenvalue weighted by molar-refractivity contribution is -0.123. The van der Waals surface area contributed by atoms with Crippen LogP contribution in [0.3, 0.4) is 0 Å². The minimum Gasteiger partial charge on any atom is -0.504 e. The molecule has 0 saturated carbocycles. The molecule has 2 N–H and O–H groups in total. The fraction of sp³-hybridized carbons (Fsp3) is 0.176. The smallest absolute Gasteiger partial charge is 0.277 e. The molecule has 0 atom stereocenters. The Morgan fingerprint density at radius 1 is 1.12 bits per heavy atom. The van der Waals surface area contributed by atoms with Crippen molar-refractivity contribution in [3.63, 3.8) is 0 Å². The highest BCUT2D eigenvalue weighted by atomic mass is 16.5. The third kappa shape index (κ3) is 4.64. The van der Waals surface area contributed by atoms with Crippen molar-refractivity contribution >= 4 is 12.1 Å². The van der Waals surface area contributed by atoms with Gasteiger partial charge in [-0.25, -0.2) is 5.43 Å². The molecule has 7 nitrogen and oxygen atoms in total. The normalized spacial score (nSPS) is 10.4. The number of carbonyl (C=O) groups excluding carboxylic acids is 1. The average Bonchev–Trinajstić information content (AvgIpc) is 2.60. The number of benzene rings is 2. The van der Waals surface area contributed by atoms with Crippen LogP contribution >= 0.6 is 0 Å². The van der Waals surface area contributed by atoms with Crippen molar-refractivity contribution in [3.8, 4) is 23.0 Å². The number of ether oxygens (including phenoxy) is 3. The third-order valence-corrected chi connectivity index (χ3v) is 3.03. The second kappa shape index (κ2) is 8.42. The highest BCUT2D eigenvalue weighted by Crippen LogP contribution is 2.26. The highest BCUT2D eigenvalue weighted by Gasteiger charge is 2.06. The maximum absolute atomic E-state index is 11.7. The average molecular weight is 330 g/mol. The van der Waals surface area contributed by atoms with E-state index in [1.165, 1.54) is 26.5 Å². The van der Waals surface area contributed by atoms with Crippen LogP contribution < -0.4 is 19.6 Å². The largest absolute Gasteiger partial charge is 0.504 e. The molecule has 7 heteroatoms. The molecule has 2 rings (SSSR count). The topological polar surface area (TPSA) is 89.4 Å². The Morgan fingerprint density at radius 2 is 1.83 bits per heavy atom. The van der Waals surface area contributed by atoms with E-state index in [2.05, 4.69) is 10.5 Å².